The van der Waals surface area contributed by atoms with Crippen molar-refractivity contribution in [1.29, 1.82) is 0 Å². The van der Waals surface area contributed by atoms with Crippen molar-refractivity contribution in [2.75, 3.05) is 46.7 Å². The maximum atomic E-state index is 14.6. The summed E-state index contributed by atoms with van der Waals surface area (Å²) >= 11 is 1.08. The maximum Gasteiger partial charge on any atom is 0.321 e. The van der Waals surface area contributed by atoms with E-state index < -0.39 is 83.5 Å². The van der Waals surface area contributed by atoms with Gasteiger partial charge in [0.25, 0.3) is 0 Å². The van der Waals surface area contributed by atoms with Crippen molar-refractivity contribution in [3.8, 4) is 0 Å². The SMILES string of the molecule is CCCCC(=O)N(C)[C@H](CSC[C@H](N)C(=O)O)C(=O)N(C)[C@](C=O)(CC(C)C)N[C@@H](C(=O)N(C)[C@@H](CC(C)C)C(=O)NC(=O)C(C)NC(=O)N(C)[C@H](CC(C)C)C(=O)NC)C(C)C. The number of nitrogens with zero attached hydrogens (tertiary/aromatic N) is 4. The van der Waals surface area contributed by atoms with Crippen LogP contribution in [0.15, 0.2) is 0 Å². The molecule has 63 heavy (non-hydrogen) atoms. The zero-order chi connectivity index (χ0) is 49.1. The lowest BCUT2D eigenvalue weighted by Gasteiger charge is -2.45. The Morgan fingerprint density at radius 1 is 0.730 bits per heavy atom. The number of nitrogens with two attached hydrogens (primary N) is 1. The molecule has 0 bridgehead atoms. The average molecular weight is 914 g/mol. The monoisotopic (exact) mass is 914 g/mol. The molecule has 7 N–H and O–H groups in total. The first kappa shape index (κ1) is 58.7. The van der Waals surface area contributed by atoms with Gasteiger partial charge in [-0.05, 0) is 56.3 Å². The molecule has 0 aliphatic carbocycles. The molecule has 0 saturated heterocycles. The summed E-state index contributed by atoms with van der Waals surface area (Å²) < 4.78 is 0. The van der Waals surface area contributed by atoms with E-state index in [9.17, 15) is 48.3 Å². The molecule has 1 unspecified atom stereocenters. The highest BCUT2D eigenvalue weighted by molar-refractivity contribution is 7.99. The molecule has 0 spiro atoms. The second-order valence-corrected chi connectivity index (χ2v) is 19.1. The Morgan fingerprint density at radius 2 is 1.27 bits per heavy atom. The number of unbranched alkanes of at least 4 members (excludes halogenated alkanes) is 1. The first-order valence-corrected chi connectivity index (χ1v) is 23.0. The van der Waals surface area contributed by atoms with Crippen molar-refractivity contribution in [2.24, 2.45) is 29.4 Å². The summed E-state index contributed by atoms with van der Waals surface area (Å²) in [7, 11) is 7.20. The fourth-order valence-corrected chi connectivity index (χ4v) is 7.93. The third-order valence-electron chi connectivity index (χ3n) is 10.8. The van der Waals surface area contributed by atoms with Crippen LogP contribution in [0, 0.1) is 23.7 Å². The first-order chi connectivity index (χ1) is 29.1. The van der Waals surface area contributed by atoms with Gasteiger partial charge in [0.15, 0.2) is 11.9 Å². The minimum absolute atomic E-state index is 0.0250. The van der Waals surface area contributed by atoms with Gasteiger partial charge in [0.1, 0.15) is 30.2 Å². The molecule has 0 aromatic heterocycles. The predicted molar refractivity (Wildman–Crippen MR) is 244 cm³/mol. The second kappa shape index (κ2) is 27.8. The number of imide groups is 1. The number of carbonyl (C=O) groups excluding carboxylic acids is 8. The number of urea groups is 1. The van der Waals surface area contributed by atoms with Crippen LogP contribution >= 0.6 is 11.8 Å². The summed E-state index contributed by atoms with van der Waals surface area (Å²) in [5, 5.41) is 19.9. The standard InChI is InChI=1S/C43H79N9O10S/c1-16-17-18-34(54)49(12)33(23-63-22-30(44)41(60)61)39(58)52(15)43(24-53,21-27(6)7)48-35(28(8)9)40(59)50(13)32(20-26(4)5)38(57)47-36(55)29(10)46-42(62)51(14)31(19-25(2)3)37(56)45-11/h24-33,35,48H,16-23,44H2,1-15H3,(H,45,56)(H,46,62)(H,60,61)(H,47,55,57)/t29?,30-,31+,32-,33+,35+,43-/m0/s1. The summed E-state index contributed by atoms with van der Waals surface area (Å²) in [6.45, 7) is 17.9. The van der Waals surface area contributed by atoms with E-state index in [2.05, 4.69) is 21.3 Å². The lowest BCUT2D eigenvalue weighted by molar-refractivity contribution is -0.153. The molecule has 362 valence electrons. The molecular formula is C43H79N9O10S. The summed E-state index contributed by atoms with van der Waals surface area (Å²) in [5.41, 5.74) is 3.92. The topological polar surface area (TPSA) is 261 Å². The van der Waals surface area contributed by atoms with Crippen LogP contribution < -0.4 is 27.0 Å². The van der Waals surface area contributed by atoms with E-state index in [0.29, 0.717) is 19.1 Å². The van der Waals surface area contributed by atoms with Crippen LogP contribution in [0.1, 0.15) is 108 Å². The molecule has 0 fully saturated rings. The van der Waals surface area contributed by atoms with Crippen LogP contribution in [-0.4, -0.2) is 167 Å². The van der Waals surface area contributed by atoms with Crippen molar-refractivity contribution < 1.29 is 48.3 Å². The molecule has 20 heteroatoms. The van der Waals surface area contributed by atoms with Gasteiger partial charge in [-0.3, -0.25) is 49.0 Å². The van der Waals surface area contributed by atoms with Gasteiger partial charge in [0.05, 0.1) is 6.04 Å². The number of aliphatic carboxylic acids is 1. The summed E-state index contributed by atoms with van der Waals surface area (Å²) in [6, 6.07) is -7.42. The van der Waals surface area contributed by atoms with Gasteiger partial charge in [-0.25, -0.2) is 4.79 Å². The lowest BCUT2D eigenvalue weighted by Crippen LogP contribution is -2.69. The molecule has 0 radical (unpaired) electrons. The fourth-order valence-electron chi connectivity index (χ4n) is 6.81. The van der Waals surface area contributed by atoms with E-state index in [4.69, 9.17) is 5.73 Å². The van der Waals surface area contributed by atoms with Crippen LogP contribution in [0.25, 0.3) is 0 Å². The Labute approximate surface area is 379 Å². The first-order valence-electron chi connectivity index (χ1n) is 21.8. The van der Waals surface area contributed by atoms with Gasteiger partial charge < -0.3 is 41.1 Å². The summed E-state index contributed by atoms with van der Waals surface area (Å²) in [5.74, 6) is -5.64. The molecule has 0 saturated carbocycles. The van der Waals surface area contributed by atoms with E-state index in [1.165, 1.54) is 61.8 Å². The number of carboxylic acid groups (broad SMARTS) is 1. The van der Waals surface area contributed by atoms with Gasteiger partial charge in [0.2, 0.25) is 35.4 Å². The largest absolute Gasteiger partial charge is 0.480 e. The molecular weight excluding hydrogens is 835 g/mol. The predicted octanol–water partition coefficient (Wildman–Crippen LogP) is 1.87. The van der Waals surface area contributed by atoms with Crippen molar-refractivity contribution in [1.82, 2.24) is 40.9 Å². The highest BCUT2D eigenvalue weighted by atomic mass is 32.2. The fraction of sp³-hybridized carbons (Fsp3) is 0.791. The number of aldehydes is 1. The molecule has 0 rings (SSSR count). The minimum Gasteiger partial charge on any atom is -0.480 e. The zero-order valence-electron chi connectivity index (χ0n) is 40.4. The summed E-state index contributed by atoms with van der Waals surface area (Å²) in [4.78, 5) is 125. The number of hydrogen-bond donors (Lipinski definition) is 6. The van der Waals surface area contributed by atoms with Crippen LogP contribution in [0.3, 0.4) is 0 Å². The third kappa shape index (κ3) is 18.4. The molecule has 0 heterocycles. The van der Waals surface area contributed by atoms with Crippen molar-refractivity contribution >= 4 is 65.5 Å². The van der Waals surface area contributed by atoms with Crippen molar-refractivity contribution in [2.45, 2.75) is 150 Å². The van der Waals surface area contributed by atoms with Crippen LogP contribution in [-0.2, 0) is 38.4 Å². The molecule has 7 atom stereocenters. The number of carboxylic acids is 1. The van der Waals surface area contributed by atoms with Gasteiger partial charge >= 0.3 is 12.0 Å². The minimum atomic E-state index is -1.80. The van der Waals surface area contributed by atoms with Gasteiger partial charge in [-0.15, -0.1) is 0 Å². The molecule has 8 amide bonds. The maximum absolute atomic E-state index is 14.6. The Hall–Kier alpha value is -4.30. The Balaban J connectivity index is 6.78. The number of amides is 8. The van der Waals surface area contributed by atoms with Crippen LogP contribution in [0.4, 0.5) is 4.79 Å². The Bertz CT molecular complexity index is 1560. The van der Waals surface area contributed by atoms with Crippen LogP contribution in [0.5, 0.6) is 0 Å². The molecule has 0 aliphatic heterocycles. The molecule has 0 aromatic rings. The quantitative estimate of drug-likeness (QED) is 0.0485. The van der Waals surface area contributed by atoms with E-state index >= 15 is 0 Å². The Kier molecular flexibility index (Phi) is 25.9. The average Bonchev–Trinajstić information content (AvgIpc) is 3.21. The van der Waals surface area contributed by atoms with Gasteiger partial charge in [0, 0.05) is 53.2 Å². The van der Waals surface area contributed by atoms with E-state index in [1.54, 1.807) is 13.8 Å². The number of thioether (sulfide) groups is 1. The third-order valence-corrected chi connectivity index (χ3v) is 11.9. The number of hydrogen-bond acceptors (Lipinski definition) is 12. The lowest BCUT2D eigenvalue weighted by atomic mass is 9.92. The molecule has 0 aliphatic rings. The zero-order valence-corrected chi connectivity index (χ0v) is 41.2. The van der Waals surface area contributed by atoms with Crippen LogP contribution in [0.2, 0.25) is 0 Å². The highest BCUT2D eigenvalue weighted by Gasteiger charge is 2.46. The second-order valence-electron chi connectivity index (χ2n) is 18.0. The number of nitrogens with one attached hydrogen (secondary N) is 4. The van der Waals surface area contributed by atoms with Gasteiger partial charge in [-0.1, -0.05) is 68.7 Å². The van der Waals surface area contributed by atoms with E-state index in [0.717, 1.165) is 18.2 Å². The highest BCUT2D eigenvalue weighted by Crippen LogP contribution is 2.26. The van der Waals surface area contributed by atoms with E-state index in [-0.39, 0.29) is 60.3 Å². The molecule has 0 aromatic carbocycles. The number of likely N-dealkylation sites (N-methyl/N-ethyl adjacent to an activating group) is 5. The smallest absolute Gasteiger partial charge is 0.321 e. The van der Waals surface area contributed by atoms with E-state index in [1.807, 2.05) is 48.5 Å². The number of carbonyl (C=O) groups is 9. The normalized spacial score (nSPS) is 15.3. The Morgan fingerprint density at radius 3 is 1.71 bits per heavy atom. The van der Waals surface area contributed by atoms with Crippen molar-refractivity contribution in [3.63, 3.8) is 0 Å². The van der Waals surface area contributed by atoms with Crippen molar-refractivity contribution in [3.05, 3.63) is 0 Å². The molecule has 19 nitrogen and oxygen atoms in total. The summed E-state index contributed by atoms with van der Waals surface area (Å²) in [6.07, 6.45) is 2.57. The van der Waals surface area contributed by atoms with Gasteiger partial charge in [-0.2, -0.15) is 11.8 Å². The number of rotatable bonds is 28.